The van der Waals surface area contributed by atoms with Gasteiger partial charge in [0.05, 0.1) is 17.4 Å². The second-order valence-corrected chi connectivity index (χ2v) is 19.0. The summed E-state index contributed by atoms with van der Waals surface area (Å²) in [6, 6.07) is 66.2. The summed E-state index contributed by atoms with van der Waals surface area (Å²) in [5.41, 5.74) is 7.22. The van der Waals surface area contributed by atoms with Gasteiger partial charge < -0.3 is 10.4 Å². The minimum Gasteiger partial charge on any atom is -0.507 e. The van der Waals surface area contributed by atoms with E-state index in [1.807, 2.05) is 0 Å². The number of nitrogens with zero attached hydrogens (tertiary/aromatic N) is 1. The number of phenols is 1. The first-order chi connectivity index (χ1) is 27.4. The number of benzene rings is 7. The van der Waals surface area contributed by atoms with E-state index in [9.17, 15) is 5.11 Å². The largest absolute Gasteiger partial charge is 0.507 e. The molecule has 0 aliphatic carbocycles. The van der Waals surface area contributed by atoms with Crippen LogP contribution in [0.3, 0.4) is 0 Å². The van der Waals surface area contributed by atoms with Crippen molar-refractivity contribution in [3.8, 4) is 17.0 Å². The number of anilines is 1. The van der Waals surface area contributed by atoms with Crippen LogP contribution in [0.25, 0.3) is 22.0 Å². The molecule has 1 aromatic heterocycles. The van der Waals surface area contributed by atoms with Gasteiger partial charge in [-0.05, 0) is 72.2 Å². The SMILES string of the molecule is CC(C)c1cccc(C(C)C)c1NC(c1ccccc1)c1cccc(-c2c(O)c([Si](c3ccccc3)(c3ccccc3)c3ccccc3)cc3ccccc23)n1. The summed E-state index contributed by atoms with van der Waals surface area (Å²) in [6.45, 7) is 9.02. The molecule has 8 aromatic rings. The molecule has 56 heavy (non-hydrogen) atoms. The number of aromatic hydroxyl groups is 1. The van der Waals surface area contributed by atoms with Gasteiger partial charge >= 0.3 is 0 Å². The number of phenolic OH excluding ortho intramolecular Hbond substituents is 1. The summed E-state index contributed by atoms with van der Waals surface area (Å²) >= 11 is 0. The van der Waals surface area contributed by atoms with Crippen molar-refractivity contribution in [3.63, 3.8) is 0 Å². The first-order valence-electron chi connectivity index (χ1n) is 19.7. The predicted octanol–water partition coefficient (Wildman–Crippen LogP) is 10.4. The first-order valence-corrected chi connectivity index (χ1v) is 21.7. The maximum Gasteiger partial charge on any atom is 0.184 e. The van der Waals surface area contributed by atoms with Crippen LogP contribution in [0.5, 0.6) is 5.75 Å². The summed E-state index contributed by atoms with van der Waals surface area (Å²) in [5.74, 6) is 0.940. The van der Waals surface area contributed by atoms with Crippen LogP contribution in [-0.4, -0.2) is 18.2 Å². The van der Waals surface area contributed by atoms with Crippen LogP contribution in [0.2, 0.25) is 0 Å². The summed E-state index contributed by atoms with van der Waals surface area (Å²) in [4.78, 5) is 5.51. The molecule has 0 aliphatic heterocycles. The van der Waals surface area contributed by atoms with E-state index < -0.39 is 8.07 Å². The maximum absolute atomic E-state index is 13.1. The van der Waals surface area contributed by atoms with Gasteiger partial charge in [-0.2, -0.15) is 0 Å². The third kappa shape index (κ3) is 6.71. The Labute approximate surface area is 332 Å². The fraction of sp³-hybridized carbons (Fsp3) is 0.135. The Morgan fingerprint density at radius 2 is 1.00 bits per heavy atom. The molecule has 8 rings (SSSR count). The Kier molecular flexibility index (Phi) is 10.4. The zero-order valence-corrected chi connectivity index (χ0v) is 33.5. The number of fused-ring (bicyclic) bond motifs is 1. The van der Waals surface area contributed by atoms with Gasteiger partial charge in [0.25, 0.3) is 0 Å². The number of hydrogen-bond acceptors (Lipinski definition) is 3. The molecule has 0 amide bonds. The second-order valence-electron chi connectivity index (χ2n) is 15.3. The highest BCUT2D eigenvalue weighted by atomic mass is 28.3. The molecule has 0 radical (unpaired) electrons. The van der Waals surface area contributed by atoms with Crippen LogP contribution in [0.4, 0.5) is 5.69 Å². The highest BCUT2D eigenvalue weighted by molar-refractivity contribution is 7.20. The van der Waals surface area contributed by atoms with Crippen molar-refractivity contribution < 1.29 is 5.11 Å². The number of rotatable bonds is 11. The lowest BCUT2D eigenvalue weighted by molar-refractivity contribution is 0.482. The lowest BCUT2D eigenvalue weighted by Gasteiger charge is -2.35. The van der Waals surface area contributed by atoms with Gasteiger partial charge in [-0.1, -0.05) is 204 Å². The van der Waals surface area contributed by atoms with Gasteiger partial charge in [0, 0.05) is 11.3 Å². The van der Waals surface area contributed by atoms with Crippen molar-refractivity contribution in [1.29, 1.82) is 0 Å². The Morgan fingerprint density at radius 3 is 1.54 bits per heavy atom. The van der Waals surface area contributed by atoms with E-state index in [1.165, 1.54) is 32.4 Å². The van der Waals surface area contributed by atoms with Crippen LogP contribution in [-0.2, 0) is 0 Å². The van der Waals surface area contributed by atoms with Crippen LogP contribution in [0.1, 0.15) is 68.0 Å². The van der Waals surface area contributed by atoms with Crippen LogP contribution in [0, 0.1) is 0 Å². The third-order valence-corrected chi connectivity index (χ3v) is 16.0. The molecule has 0 fully saturated rings. The van der Waals surface area contributed by atoms with E-state index >= 15 is 0 Å². The van der Waals surface area contributed by atoms with E-state index in [0.29, 0.717) is 11.8 Å². The summed E-state index contributed by atoms with van der Waals surface area (Å²) < 4.78 is 0. The molecule has 0 spiro atoms. The van der Waals surface area contributed by atoms with Crippen LogP contribution >= 0.6 is 0 Å². The Hall–Kier alpha value is -6.23. The highest BCUT2D eigenvalue weighted by Gasteiger charge is 2.44. The molecule has 0 saturated carbocycles. The minimum absolute atomic E-state index is 0.239. The van der Waals surface area contributed by atoms with Gasteiger partial charge in [0.1, 0.15) is 5.75 Å². The fourth-order valence-corrected chi connectivity index (χ4v) is 13.4. The molecule has 276 valence electrons. The standard InChI is InChI=1S/C52H48N2OSi/c1-36(2)43-31-19-32-44(37(3)4)51(43)54-50(38-21-9-5-10-22-38)47-34-20-33-46(53-47)49-45-30-18-17-23-39(45)35-48(52(49)55)56(40-24-11-6-12-25-40,41-26-13-7-14-27-41)42-28-15-8-16-29-42/h5-37,50,54-55H,1-4H3. The number of para-hydroxylation sites is 1. The Morgan fingerprint density at radius 1 is 0.518 bits per heavy atom. The van der Waals surface area contributed by atoms with Crippen molar-refractivity contribution >= 4 is 45.3 Å². The molecule has 2 N–H and O–H groups in total. The molecule has 1 heterocycles. The second kappa shape index (κ2) is 15.9. The van der Waals surface area contributed by atoms with Crippen LogP contribution < -0.4 is 26.1 Å². The lowest BCUT2D eigenvalue weighted by Crippen LogP contribution is -2.74. The van der Waals surface area contributed by atoms with Gasteiger partial charge in [0.15, 0.2) is 8.07 Å². The molecule has 0 aliphatic rings. The monoisotopic (exact) mass is 744 g/mol. The fourth-order valence-electron chi connectivity index (χ4n) is 8.50. The molecule has 1 unspecified atom stereocenters. The van der Waals surface area contributed by atoms with E-state index in [2.05, 4.69) is 221 Å². The van der Waals surface area contributed by atoms with E-state index in [-0.39, 0.29) is 11.8 Å². The summed E-state index contributed by atoms with van der Waals surface area (Å²) in [5, 5.41) is 23.7. The summed E-state index contributed by atoms with van der Waals surface area (Å²) in [6.07, 6.45) is 0. The number of hydrogen-bond donors (Lipinski definition) is 2. The lowest BCUT2D eigenvalue weighted by atomic mass is 9.91. The van der Waals surface area contributed by atoms with Crippen molar-refractivity contribution in [1.82, 2.24) is 4.98 Å². The third-order valence-electron chi connectivity index (χ3n) is 11.2. The zero-order valence-electron chi connectivity index (χ0n) is 32.5. The average molecular weight is 745 g/mol. The quantitative estimate of drug-likeness (QED) is 0.102. The topological polar surface area (TPSA) is 45.1 Å². The van der Waals surface area contributed by atoms with Gasteiger partial charge in [0.2, 0.25) is 0 Å². The van der Waals surface area contributed by atoms with Crippen molar-refractivity contribution in [2.24, 2.45) is 0 Å². The van der Waals surface area contributed by atoms with Gasteiger partial charge in [-0.25, -0.2) is 0 Å². The number of pyridine rings is 1. The predicted molar refractivity (Wildman–Crippen MR) is 239 cm³/mol. The van der Waals surface area contributed by atoms with E-state index in [1.54, 1.807) is 0 Å². The smallest absolute Gasteiger partial charge is 0.184 e. The summed E-state index contributed by atoms with van der Waals surface area (Å²) in [7, 11) is -3.09. The van der Waals surface area contributed by atoms with Gasteiger partial charge in [-0.15, -0.1) is 0 Å². The Balaban J connectivity index is 1.39. The molecule has 7 aromatic carbocycles. The highest BCUT2D eigenvalue weighted by Crippen LogP contribution is 2.39. The normalized spacial score (nSPS) is 12.2. The first kappa shape index (κ1) is 36.7. The van der Waals surface area contributed by atoms with Crippen molar-refractivity contribution in [3.05, 3.63) is 210 Å². The molecule has 1 atom stereocenters. The number of aromatic nitrogens is 1. The van der Waals surface area contributed by atoms with Crippen molar-refractivity contribution in [2.45, 2.75) is 45.6 Å². The molecule has 3 nitrogen and oxygen atoms in total. The number of nitrogens with one attached hydrogen (secondary N) is 1. The molecule has 0 saturated heterocycles. The molecule has 0 bridgehead atoms. The van der Waals surface area contributed by atoms with E-state index in [0.717, 1.165) is 38.5 Å². The molecular weight excluding hydrogens is 697 g/mol. The van der Waals surface area contributed by atoms with E-state index in [4.69, 9.17) is 4.98 Å². The van der Waals surface area contributed by atoms with Crippen molar-refractivity contribution in [2.75, 3.05) is 5.32 Å². The minimum atomic E-state index is -3.09. The van der Waals surface area contributed by atoms with Crippen LogP contribution in [0.15, 0.2) is 188 Å². The van der Waals surface area contributed by atoms with Gasteiger partial charge in [-0.3, -0.25) is 4.98 Å². The Bertz CT molecular complexity index is 2450. The average Bonchev–Trinajstić information content (AvgIpc) is 3.24. The molecular formula is C52H48N2OSi. The molecule has 4 heteroatoms. The zero-order chi connectivity index (χ0) is 38.6. The maximum atomic E-state index is 13.1.